The quantitative estimate of drug-likeness (QED) is 0.314. The summed E-state index contributed by atoms with van der Waals surface area (Å²) in [4.78, 5) is 9.64. The summed E-state index contributed by atoms with van der Waals surface area (Å²) in [6, 6.07) is -3.48. The molecule has 0 aromatic rings. The molecule has 1 nitrogen and oxygen atoms in total. The van der Waals surface area contributed by atoms with Gasteiger partial charge in [-0.05, 0) is 22.6 Å². The molecule has 78 valence electrons. The van der Waals surface area contributed by atoms with Crippen molar-refractivity contribution in [3.05, 3.63) is 0 Å². The van der Waals surface area contributed by atoms with Crippen LogP contribution >= 0.6 is 22.6 Å². The van der Waals surface area contributed by atoms with E-state index in [4.69, 9.17) is 0 Å². The number of carbonyl (C=O) groups is 1. The fourth-order valence-electron chi connectivity index (χ4n) is 0.384. The second kappa shape index (κ2) is 3.24. The van der Waals surface area contributed by atoms with E-state index in [0.717, 1.165) is 0 Å². The number of alkyl halides is 7. The highest BCUT2D eigenvalue weighted by molar-refractivity contribution is 14.1. The molecular formula is C4F7IO. The molecule has 0 saturated heterocycles. The zero-order valence-corrected chi connectivity index (χ0v) is 7.59. The largest absolute Gasteiger partial charge is 0.421 e. The predicted octanol–water partition coefficient (Wildman–Crippen LogP) is 2.78. The van der Waals surface area contributed by atoms with Gasteiger partial charge in [-0.3, -0.25) is 4.79 Å². The average molecular weight is 324 g/mol. The summed E-state index contributed by atoms with van der Waals surface area (Å²) in [5, 5.41) is 0. The Labute approximate surface area is 80.4 Å². The molecular weight excluding hydrogens is 324 g/mol. The van der Waals surface area contributed by atoms with Crippen LogP contribution in [0.2, 0.25) is 0 Å². The molecule has 0 aromatic carbocycles. The van der Waals surface area contributed by atoms with Crippen LogP contribution in [0.15, 0.2) is 0 Å². The minimum absolute atomic E-state index is 0.296. The lowest BCUT2D eigenvalue weighted by molar-refractivity contribution is -0.254. The zero-order valence-electron chi connectivity index (χ0n) is 5.43. The Hall–Kier alpha value is -0.0900. The Morgan fingerprint density at radius 3 is 1.15 bits per heavy atom. The third kappa shape index (κ3) is 2.05. The molecule has 0 bridgehead atoms. The average Bonchev–Trinajstić information content (AvgIpc) is 1.80. The van der Waals surface area contributed by atoms with Gasteiger partial charge < -0.3 is 0 Å². The molecule has 0 saturated carbocycles. The third-order valence-electron chi connectivity index (χ3n) is 1.05. The maximum atomic E-state index is 11.7. The lowest BCUT2D eigenvalue weighted by Gasteiger charge is -2.27. The van der Waals surface area contributed by atoms with Crippen LogP contribution in [-0.2, 0) is 4.79 Å². The van der Waals surface area contributed by atoms with Crippen molar-refractivity contribution in [1.82, 2.24) is 0 Å². The van der Waals surface area contributed by atoms with E-state index in [0.29, 0.717) is 0 Å². The lowest BCUT2D eigenvalue weighted by atomic mass is 10.1. The summed E-state index contributed by atoms with van der Waals surface area (Å²) < 4.78 is 76.7. The van der Waals surface area contributed by atoms with Crippen molar-refractivity contribution in [3.63, 3.8) is 0 Å². The monoisotopic (exact) mass is 324 g/mol. The van der Waals surface area contributed by atoms with Crippen LogP contribution in [0.3, 0.4) is 0 Å². The minimum atomic E-state index is -6.00. The highest BCUT2D eigenvalue weighted by Crippen LogP contribution is 2.50. The molecule has 0 aliphatic rings. The van der Waals surface area contributed by atoms with Gasteiger partial charge in [-0.2, -0.15) is 30.7 Å². The summed E-state index contributed by atoms with van der Waals surface area (Å²) in [5.41, 5.74) is 0. The zero-order chi connectivity index (χ0) is 11.1. The summed E-state index contributed by atoms with van der Waals surface area (Å²) in [6.07, 6.45) is -12.0. The summed E-state index contributed by atoms with van der Waals surface area (Å²) in [7, 11) is 0. The fraction of sp³-hybridized carbons (Fsp3) is 0.750. The number of carbonyl (C=O) groups excluding carboxylic acids is 1. The van der Waals surface area contributed by atoms with Crippen LogP contribution < -0.4 is 0 Å². The fourth-order valence-corrected chi connectivity index (χ4v) is 0.384. The van der Waals surface area contributed by atoms with Crippen molar-refractivity contribution >= 4 is 28.6 Å². The van der Waals surface area contributed by atoms with Crippen molar-refractivity contribution in [2.45, 2.75) is 15.8 Å². The summed E-state index contributed by atoms with van der Waals surface area (Å²) >= 11 is -0.296. The molecule has 0 atom stereocenters. The number of rotatable bonds is 1. The molecule has 0 radical (unpaired) electrons. The SMILES string of the molecule is O=C(F)C(I)(C(F)(F)F)C(F)(F)F. The first kappa shape index (κ1) is 12.9. The molecule has 0 heterocycles. The van der Waals surface area contributed by atoms with Crippen molar-refractivity contribution in [3.8, 4) is 0 Å². The van der Waals surface area contributed by atoms with Crippen LogP contribution in [0.4, 0.5) is 30.7 Å². The van der Waals surface area contributed by atoms with E-state index >= 15 is 0 Å². The minimum Gasteiger partial charge on any atom is -0.259 e. The summed E-state index contributed by atoms with van der Waals surface area (Å²) in [6.45, 7) is 0. The van der Waals surface area contributed by atoms with Gasteiger partial charge in [0.2, 0.25) is 0 Å². The second-order valence-electron chi connectivity index (χ2n) is 1.93. The number of halogens is 8. The first-order chi connectivity index (χ1) is 5.44. The van der Waals surface area contributed by atoms with Gasteiger partial charge in [0.25, 0.3) is 0 Å². The van der Waals surface area contributed by atoms with Crippen LogP contribution in [0.1, 0.15) is 0 Å². The standard InChI is InChI=1S/C4F7IO/c5-1(13)2(12,3(6,7)8)4(9,10)11. The Bertz CT molecular complexity index is 202. The molecule has 0 fully saturated rings. The van der Waals surface area contributed by atoms with Crippen LogP contribution in [0.5, 0.6) is 0 Å². The van der Waals surface area contributed by atoms with Gasteiger partial charge in [-0.1, -0.05) is 0 Å². The van der Waals surface area contributed by atoms with E-state index in [1.54, 1.807) is 0 Å². The van der Waals surface area contributed by atoms with Crippen LogP contribution in [-0.4, -0.2) is 21.8 Å². The van der Waals surface area contributed by atoms with Gasteiger partial charge in [0.1, 0.15) is 0 Å². The first-order valence-corrected chi connectivity index (χ1v) is 3.54. The topological polar surface area (TPSA) is 17.1 Å². The lowest BCUT2D eigenvalue weighted by Crippen LogP contribution is -2.56. The van der Waals surface area contributed by atoms with E-state index in [-0.39, 0.29) is 22.6 Å². The molecule has 0 N–H and O–H groups in total. The van der Waals surface area contributed by atoms with Crippen molar-refractivity contribution in [2.24, 2.45) is 0 Å². The molecule has 9 heteroatoms. The van der Waals surface area contributed by atoms with Crippen molar-refractivity contribution < 1.29 is 35.5 Å². The Morgan fingerprint density at radius 1 is 0.923 bits per heavy atom. The molecule has 0 aromatic heterocycles. The second-order valence-corrected chi connectivity index (χ2v) is 3.55. The highest BCUT2D eigenvalue weighted by Gasteiger charge is 2.75. The third-order valence-corrected chi connectivity index (χ3v) is 2.70. The normalized spacial score (nSPS) is 14.5. The molecule has 0 spiro atoms. The van der Waals surface area contributed by atoms with Gasteiger partial charge in [0.05, 0.1) is 0 Å². The smallest absolute Gasteiger partial charge is 0.259 e. The Morgan fingerprint density at radius 2 is 1.15 bits per heavy atom. The molecule has 0 rings (SSSR count). The van der Waals surface area contributed by atoms with E-state index in [1.165, 1.54) is 0 Å². The molecule has 0 unspecified atom stereocenters. The number of hydrogen-bond acceptors (Lipinski definition) is 1. The Kier molecular flexibility index (Phi) is 3.22. The number of hydrogen-bond donors (Lipinski definition) is 0. The van der Waals surface area contributed by atoms with E-state index in [9.17, 15) is 35.5 Å². The van der Waals surface area contributed by atoms with Gasteiger partial charge in [0, 0.05) is 0 Å². The molecule has 0 aliphatic carbocycles. The predicted molar refractivity (Wildman–Crippen MR) is 35.0 cm³/mol. The van der Waals surface area contributed by atoms with Gasteiger partial charge >= 0.3 is 21.8 Å². The van der Waals surface area contributed by atoms with E-state index in [2.05, 4.69) is 0 Å². The van der Waals surface area contributed by atoms with Gasteiger partial charge in [-0.25, -0.2) is 0 Å². The maximum Gasteiger partial charge on any atom is 0.421 e. The summed E-state index contributed by atoms with van der Waals surface area (Å²) in [5.74, 6) is 0. The molecule has 13 heavy (non-hydrogen) atoms. The van der Waals surface area contributed by atoms with Crippen LogP contribution in [0, 0.1) is 0 Å². The molecule has 0 amide bonds. The first-order valence-electron chi connectivity index (χ1n) is 2.47. The molecule has 0 aliphatic heterocycles. The maximum absolute atomic E-state index is 11.7. The highest BCUT2D eigenvalue weighted by atomic mass is 127. The van der Waals surface area contributed by atoms with Gasteiger partial charge in [-0.15, -0.1) is 0 Å². The van der Waals surface area contributed by atoms with Gasteiger partial charge in [0.15, 0.2) is 0 Å². The van der Waals surface area contributed by atoms with Crippen LogP contribution in [0.25, 0.3) is 0 Å². The van der Waals surface area contributed by atoms with E-state index in [1.807, 2.05) is 0 Å². The Balaban J connectivity index is 5.35. The van der Waals surface area contributed by atoms with Crippen molar-refractivity contribution in [2.75, 3.05) is 0 Å². The van der Waals surface area contributed by atoms with E-state index < -0.39 is 21.8 Å². The van der Waals surface area contributed by atoms with Crippen molar-refractivity contribution in [1.29, 1.82) is 0 Å².